The van der Waals surface area contributed by atoms with Crippen molar-refractivity contribution in [2.75, 3.05) is 0 Å². The smallest absolute Gasteiger partial charge is 0.416 e. The van der Waals surface area contributed by atoms with Gasteiger partial charge in [0, 0.05) is 15.6 Å². The Morgan fingerprint density at radius 2 is 1.46 bits per heavy atom. The van der Waals surface area contributed by atoms with Gasteiger partial charge in [0.25, 0.3) is 0 Å². The molecule has 3 aromatic carbocycles. The van der Waals surface area contributed by atoms with E-state index in [1.807, 2.05) is 24.3 Å². The minimum Gasteiger partial charge on any atom is -0.489 e. The Morgan fingerprint density at radius 1 is 0.829 bits per heavy atom. The molecular formula is C26H17BrF6O2. The van der Waals surface area contributed by atoms with E-state index in [1.54, 1.807) is 18.2 Å². The predicted octanol–water partition coefficient (Wildman–Crippen LogP) is 8.28. The number of alkyl halides is 6. The van der Waals surface area contributed by atoms with E-state index in [2.05, 4.69) is 15.9 Å². The first-order chi connectivity index (χ1) is 16.4. The molecule has 0 bridgehead atoms. The third-order valence-electron chi connectivity index (χ3n) is 5.55. The van der Waals surface area contributed by atoms with Crippen LogP contribution in [0.25, 0.3) is 6.08 Å². The maximum absolute atomic E-state index is 13.1. The molecule has 0 heterocycles. The van der Waals surface area contributed by atoms with Crippen molar-refractivity contribution in [3.63, 3.8) is 0 Å². The van der Waals surface area contributed by atoms with Crippen LogP contribution >= 0.6 is 15.9 Å². The molecule has 0 saturated heterocycles. The number of aryl methyl sites for hydroxylation is 1. The standard InChI is InChI=1S/C26H17BrF6O2/c27-21-5-1-15(2-6-21)14-35-22-7-8-23-17(12-22)3-4-18(24(23)34)9-16-10-19(25(28,29)30)13-20(11-16)26(31,32)33/h1-2,5-13H,3-4,14H2. The average Bonchev–Trinajstić information content (AvgIpc) is 2.79. The fourth-order valence-electron chi connectivity index (χ4n) is 3.79. The van der Waals surface area contributed by atoms with Gasteiger partial charge in [-0.2, -0.15) is 26.3 Å². The molecule has 4 rings (SSSR count). The van der Waals surface area contributed by atoms with Crippen LogP contribution in [0, 0.1) is 0 Å². The number of halogens is 7. The molecule has 0 saturated carbocycles. The summed E-state index contributed by atoms with van der Waals surface area (Å²) in [6, 6.07) is 13.8. The Hall–Kier alpha value is -3.07. The van der Waals surface area contributed by atoms with Gasteiger partial charge in [-0.05, 0) is 84.1 Å². The summed E-state index contributed by atoms with van der Waals surface area (Å²) in [6.45, 7) is 0.322. The highest BCUT2D eigenvalue weighted by atomic mass is 79.9. The maximum atomic E-state index is 13.1. The Bertz CT molecular complexity index is 1260. The molecule has 9 heteroatoms. The number of rotatable bonds is 4. The molecule has 0 aromatic heterocycles. The van der Waals surface area contributed by atoms with Gasteiger partial charge in [0.05, 0.1) is 11.1 Å². The highest BCUT2D eigenvalue weighted by Gasteiger charge is 2.37. The third-order valence-corrected chi connectivity index (χ3v) is 6.07. The van der Waals surface area contributed by atoms with Crippen LogP contribution in [0.5, 0.6) is 5.75 Å². The van der Waals surface area contributed by atoms with Gasteiger partial charge in [-0.25, -0.2) is 0 Å². The lowest BCUT2D eigenvalue weighted by molar-refractivity contribution is -0.143. The fourth-order valence-corrected chi connectivity index (χ4v) is 4.06. The topological polar surface area (TPSA) is 26.3 Å². The van der Waals surface area contributed by atoms with E-state index in [0.717, 1.165) is 16.1 Å². The number of fused-ring (bicyclic) bond motifs is 1. The molecule has 0 amide bonds. The summed E-state index contributed by atoms with van der Waals surface area (Å²) in [5.74, 6) is 0.122. The van der Waals surface area contributed by atoms with Crippen LogP contribution in [0.2, 0.25) is 0 Å². The molecule has 1 aliphatic rings. The Labute approximate surface area is 205 Å². The molecule has 1 aliphatic carbocycles. The van der Waals surface area contributed by atoms with E-state index in [4.69, 9.17) is 4.74 Å². The number of Topliss-reactive ketones (excluding diaryl/α,β-unsaturated/α-hetero) is 1. The number of carbonyl (C=O) groups excluding carboxylic acids is 1. The molecule has 0 fully saturated rings. The van der Waals surface area contributed by atoms with E-state index < -0.39 is 29.3 Å². The predicted molar refractivity (Wildman–Crippen MR) is 122 cm³/mol. The lowest BCUT2D eigenvalue weighted by Gasteiger charge is -2.19. The molecule has 3 aromatic rings. The Balaban J connectivity index is 1.57. The summed E-state index contributed by atoms with van der Waals surface area (Å²) in [7, 11) is 0. The van der Waals surface area contributed by atoms with Crippen LogP contribution in [-0.4, -0.2) is 5.78 Å². The summed E-state index contributed by atoms with van der Waals surface area (Å²) in [5, 5.41) is 0. The van der Waals surface area contributed by atoms with Gasteiger partial charge in [0.2, 0.25) is 0 Å². The zero-order valence-corrected chi connectivity index (χ0v) is 19.5. The van der Waals surface area contributed by atoms with Crippen LogP contribution in [0.3, 0.4) is 0 Å². The third kappa shape index (κ3) is 5.96. The first-order valence-corrected chi connectivity index (χ1v) is 11.2. The number of ether oxygens (including phenoxy) is 1. The van der Waals surface area contributed by atoms with E-state index in [0.29, 0.717) is 42.0 Å². The summed E-state index contributed by atoms with van der Waals surface area (Å²) < 4.78 is 85.6. The monoisotopic (exact) mass is 554 g/mol. The van der Waals surface area contributed by atoms with Crippen molar-refractivity contribution in [3.8, 4) is 5.75 Å². The molecular weight excluding hydrogens is 538 g/mol. The van der Waals surface area contributed by atoms with Gasteiger partial charge >= 0.3 is 12.4 Å². The highest BCUT2D eigenvalue weighted by molar-refractivity contribution is 9.10. The lowest BCUT2D eigenvalue weighted by Crippen LogP contribution is -2.15. The Morgan fingerprint density at radius 3 is 2.06 bits per heavy atom. The average molecular weight is 555 g/mol. The van der Waals surface area contributed by atoms with Crippen LogP contribution in [0.1, 0.15) is 44.6 Å². The largest absolute Gasteiger partial charge is 0.489 e. The summed E-state index contributed by atoms with van der Waals surface area (Å²) in [4.78, 5) is 12.9. The van der Waals surface area contributed by atoms with Crippen molar-refractivity contribution in [3.05, 3.63) is 104 Å². The van der Waals surface area contributed by atoms with Crippen LogP contribution in [-0.2, 0) is 25.4 Å². The van der Waals surface area contributed by atoms with Gasteiger partial charge in [-0.1, -0.05) is 28.1 Å². The molecule has 2 nitrogen and oxygen atoms in total. The van der Waals surface area contributed by atoms with Crippen LogP contribution < -0.4 is 4.74 Å². The van der Waals surface area contributed by atoms with Gasteiger partial charge in [0.15, 0.2) is 5.78 Å². The highest BCUT2D eigenvalue weighted by Crippen LogP contribution is 2.37. The first kappa shape index (κ1) is 25.0. The second-order valence-electron chi connectivity index (χ2n) is 8.07. The second-order valence-corrected chi connectivity index (χ2v) is 8.99. The summed E-state index contributed by atoms with van der Waals surface area (Å²) in [5.41, 5.74) is -1.01. The van der Waals surface area contributed by atoms with E-state index in [1.165, 1.54) is 0 Å². The van der Waals surface area contributed by atoms with Gasteiger partial charge in [-0.15, -0.1) is 0 Å². The van der Waals surface area contributed by atoms with Crippen molar-refractivity contribution in [1.82, 2.24) is 0 Å². The molecule has 35 heavy (non-hydrogen) atoms. The van der Waals surface area contributed by atoms with Crippen molar-refractivity contribution in [2.24, 2.45) is 0 Å². The zero-order chi connectivity index (χ0) is 25.4. The van der Waals surface area contributed by atoms with E-state index in [9.17, 15) is 31.1 Å². The van der Waals surface area contributed by atoms with Gasteiger partial charge in [0.1, 0.15) is 12.4 Å². The maximum Gasteiger partial charge on any atom is 0.416 e. The van der Waals surface area contributed by atoms with Gasteiger partial charge < -0.3 is 4.74 Å². The van der Waals surface area contributed by atoms with Crippen molar-refractivity contribution in [1.29, 1.82) is 0 Å². The van der Waals surface area contributed by atoms with Crippen LogP contribution in [0.15, 0.2) is 70.7 Å². The fraction of sp³-hybridized carbons (Fsp3) is 0.192. The van der Waals surface area contributed by atoms with Gasteiger partial charge in [-0.3, -0.25) is 4.79 Å². The molecule has 0 spiro atoms. The summed E-state index contributed by atoms with van der Waals surface area (Å²) in [6.07, 6.45) is -8.23. The van der Waals surface area contributed by atoms with Crippen LogP contribution in [0.4, 0.5) is 26.3 Å². The van der Waals surface area contributed by atoms with Crippen molar-refractivity contribution >= 4 is 27.8 Å². The zero-order valence-electron chi connectivity index (χ0n) is 17.9. The number of hydrogen-bond donors (Lipinski definition) is 0. The molecule has 0 aliphatic heterocycles. The molecule has 0 N–H and O–H groups in total. The number of carbonyl (C=O) groups is 1. The van der Waals surface area contributed by atoms with Crippen molar-refractivity contribution in [2.45, 2.75) is 31.8 Å². The number of benzene rings is 3. The lowest BCUT2D eigenvalue weighted by atomic mass is 9.85. The van der Waals surface area contributed by atoms with E-state index in [-0.39, 0.29) is 23.6 Å². The summed E-state index contributed by atoms with van der Waals surface area (Å²) >= 11 is 3.36. The van der Waals surface area contributed by atoms with E-state index >= 15 is 0 Å². The van der Waals surface area contributed by atoms with Crippen molar-refractivity contribution < 1.29 is 35.9 Å². The molecule has 0 atom stereocenters. The normalized spacial score (nSPS) is 15.3. The number of hydrogen-bond acceptors (Lipinski definition) is 2. The molecule has 0 radical (unpaired) electrons. The minimum atomic E-state index is -4.95. The minimum absolute atomic E-state index is 0.0653. The quantitative estimate of drug-likeness (QED) is 0.239. The first-order valence-electron chi connectivity index (χ1n) is 10.4. The second kappa shape index (κ2) is 9.53. The molecule has 0 unspecified atom stereocenters. The number of ketones is 1. The molecule has 182 valence electrons. The SMILES string of the molecule is O=C1C(=Cc2cc(C(F)(F)F)cc(C(F)(F)F)c2)CCc2cc(OCc3ccc(Br)cc3)ccc21. The number of allylic oxidation sites excluding steroid dienone is 1. The Kier molecular flexibility index (Phi) is 6.81.